The number of amides is 1. The lowest BCUT2D eigenvalue weighted by molar-refractivity contribution is -0.126. The number of nitrogens with one attached hydrogen (secondary N) is 1. The topological polar surface area (TPSA) is 59.4 Å². The molecule has 126 valence electrons. The molecule has 0 aliphatic carbocycles. The summed E-state index contributed by atoms with van der Waals surface area (Å²) in [5, 5.41) is 7.51. The van der Waals surface area contributed by atoms with Gasteiger partial charge in [-0.25, -0.2) is 9.07 Å². The number of ether oxygens (including phenoxy) is 1. The quantitative estimate of drug-likeness (QED) is 0.897. The van der Waals surface area contributed by atoms with Crippen LogP contribution >= 0.6 is 0 Å². The molecule has 0 saturated carbocycles. The fraction of sp³-hybridized carbons (Fsp3) is 0.412. The molecule has 6 nitrogen and oxygen atoms in total. The van der Waals surface area contributed by atoms with E-state index in [0.717, 1.165) is 24.5 Å². The van der Waals surface area contributed by atoms with E-state index in [0.29, 0.717) is 25.3 Å². The van der Waals surface area contributed by atoms with Crippen molar-refractivity contribution in [1.82, 2.24) is 20.0 Å². The van der Waals surface area contributed by atoms with Gasteiger partial charge in [0.05, 0.1) is 36.3 Å². The molecule has 4 rings (SSSR count). The highest BCUT2D eigenvalue weighted by atomic mass is 19.1. The Bertz CT molecular complexity index is 767. The normalized spacial score (nSPS) is 19.3. The van der Waals surface area contributed by atoms with Gasteiger partial charge in [0.15, 0.2) is 0 Å². The number of hydrogen-bond acceptors (Lipinski definition) is 4. The molecule has 0 unspecified atom stereocenters. The number of rotatable bonds is 2. The van der Waals surface area contributed by atoms with Gasteiger partial charge in [-0.2, -0.15) is 5.10 Å². The van der Waals surface area contributed by atoms with E-state index in [-0.39, 0.29) is 17.3 Å². The van der Waals surface area contributed by atoms with E-state index < -0.39 is 0 Å². The first kappa shape index (κ1) is 15.3. The summed E-state index contributed by atoms with van der Waals surface area (Å²) in [4.78, 5) is 14.7. The van der Waals surface area contributed by atoms with Crippen LogP contribution in [0.25, 0.3) is 5.69 Å². The standard InChI is InChI=1S/C17H19FN4O2/c1-12-15(8-20-22(12)14-4-2-13(18)3-5-14)16(23)21-6-7-24-17(11-21)9-19-10-17/h2-5,8,19H,6-7,9-11H2,1H3. The van der Waals surface area contributed by atoms with Crippen LogP contribution < -0.4 is 5.32 Å². The van der Waals surface area contributed by atoms with Crippen molar-refractivity contribution < 1.29 is 13.9 Å². The maximum atomic E-state index is 13.1. The van der Waals surface area contributed by atoms with E-state index in [1.807, 2.05) is 11.8 Å². The van der Waals surface area contributed by atoms with Crippen LogP contribution in [0.2, 0.25) is 0 Å². The highest BCUT2D eigenvalue weighted by Crippen LogP contribution is 2.24. The van der Waals surface area contributed by atoms with Crippen molar-refractivity contribution in [3.8, 4) is 5.69 Å². The van der Waals surface area contributed by atoms with Crippen LogP contribution in [0.15, 0.2) is 30.5 Å². The molecule has 1 spiro atoms. The molecule has 0 radical (unpaired) electrons. The zero-order chi connectivity index (χ0) is 16.7. The summed E-state index contributed by atoms with van der Waals surface area (Å²) in [5.74, 6) is -0.331. The van der Waals surface area contributed by atoms with E-state index in [4.69, 9.17) is 4.74 Å². The van der Waals surface area contributed by atoms with Crippen LogP contribution in [-0.4, -0.2) is 59.0 Å². The van der Waals surface area contributed by atoms with Gasteiger partial charge in [-0.3, -0.25) is 4.79 Å². The van der Waals surface area contributed by atoms with Crippen LogP contribution in [-0.2, 0) is 4.74 Å². The highest BCUT2D eigenvalue weighted by molar-refractivity contribution is 5.95. The van der Waals surface area contributed by atoms with Crippen LogP contribution in [0.3, 0.4) is 0 Å². The van der Waals surface area contributed by atoms with Crippen LogP contribution in [0.4, 0.5) is 4.39 Å². The second kappa shape index (κ2) is 5.68. The van der Waals surface area contributed by atoms with Gasteiger partial charge >= 0.3 is 0 Å². The summed E-state index contributed by atoms with van der Waals surface area (Å²) in [6, 6.07) is 6.06. The van der Waals surface area contributed by atoms with E-state index >= 15 is 0 Å². The monoisotopic (exact) mass is 330 g/mol. The first-order valence-corrected chi connectivity index (χ1v) is 8.03. The SMILES string of the molecule is Cc1c(C(=O)N2CCOC3(CNC3)C2)cnn1-c1ccc(F)cc1. The molecular formula is C17H19FN4O2. The Morgan fingerprint density at radius 3 is 2.75 bits per heavy atom. The maximum Gasteiger partial charge on any atom is 0.257 e. The molecule has 2 fully saturated rings. The molecule has 1 N–H and O–H groups in total. The van der Waals surface area contributed by atoms with Crippen LogP contribution in [0, 0.1) is 12.7 Å². The first-order valence-electron chi connectivity index (χ1n) is 8.03. The number of halogens is 1. The third-order valence-corrected chi connectivity index (χ3v) is 4.74. The fourth-order valence-electron chi connectivity index (χ4n) is 3.27. The molecule has 7 heteroatoms. The Morgan fingerprint density at radius 1 is 1.33 bits per heavy atom. The lowest BCUT2D eigenvalue weighted by Gasteiger charge is -2.48. The molecule has 1 aromatic carbocycles. The second-order valence-electron chi connectivity index (χ2n) is 6.39. The predicted molar refractivity (Wildman–Crippen MR) is 85.7 cm³/mol. The summed E-state index contributed by atoms with van der Waals surface area (Å²) in [6.45, 7) is 5.15. The van der Waals surface area contributed by atoms with Crippen molar-refractivity contribution in [2.45, 2.75) is 12.5 Å². The van der Waals surface area contributed by atoms with Crippen LogP contribution in [0.5, 0.6) is 0 Å². The van der Waals surface area contributed by atoms with Crippen LogP contribution in [0.1, 0.15) is 16.1 Å². The summed E-state index contributed by atoms with van der Waals surface area (Å²) >= 11 is 0. The number of benzene rings is 1. The zero-order valence-corrected chi connectivity index (χ0v) is 13.5. The Morgan fingerprint density at radius 2 is 2.08 bits per heavy atom. The number of morpholine rings is 1. The molecule has 1 amide bonds. The zero-order valence-electron chi connectivity index (χ0n) is 13.5. The first-order chi connectivity index (χ1) is 11.6. The number of hydrogen-bond donors (Lipinski definition) is 1. The Kier molecular flexibility index (Phi) is 3.62. The summed E-state index contributed by atoms with van der Waals surface area (Å²) < 4.78 is 20.6. The Balaban J connectivity index is 1.58. The lowest BCUT2D eigenvalue weighted by Crippen LogP contribution is -2.69. The van der Waals surface area contributed by atoms with E-state index in [2.05, 4.69) is 10.4 Å². The number of carbonyl (C=O) groups excluding carboxylic acids is 1. The van der Waals surface area contributed by atoms with Crippen molar-refractivity contribution >= 4 is 5.91 Å². The minimum absolute atomic E-state index is 0.0320. The minimum Gasteiger partial charge on any atom is -0.369 e. The van der Waals surface area contributed by atoms with E-state index in [9.17, 15) is 9.18 Å². The minimum atomic E-state index is -0.299. The molecule has 24 heavy (non-hydrogen) atoms. The average Bonchev–Trinajstić information content (AvgIpc) is 2.95. The van der Waals surface area contributed by atoms with Gasteiger partial charge in [-0.1, -0.05) is 0 Å². The third-order valence-electron chi connectivity index (χ3n) is 4.74. The largest absolute Gasteiger partial charge is 0.369 e. The predicted octanol–water partition coefficient (Wildman–Crippen LogP) is 1.13. The Labute approximate surface area is 139 Å². The van der Waals surface area contributed by atoms with Gasteiger partial charge < -0.3 is 15.0 Å². The second-order valence-corrected chi connectivity index (χ2v) is 6.39. The molecule has 2 aliphatic heterocycles. The van der Waals surface area contributed by atoms with Crippen molar-refractivity contribution in [3.05, 3.63) is 47.5 Å². The molecule has 1 aromatic heterocycles. The molecule has 0 bridgehead atoms. The van der Waals surface area contributed by atoms with Gasteiger partial charge in [0.1, 0.15) is 11.4 Å². The maximum absolute atomic E-state index is 13.1. The molecule has 3 heterocycles. The van der Waals surface area contributed by atoms with Crippen molar-refractivity contribution in [3.63, 3.8) is 0 Å². The van der Waals surface area contributed by atoms with Gasteiger partial charge in [0.25, 0.3) is 5.91 Å². The summed E-state index contributed by atoms with van der Waals surface area (Å²) in [6.07, 6.45) is 1.59. The highest BCUT2D eigenvalue weighted by Gasteiger charge is 2.43. The van der Waals surface area contributed by atoms with E-state index in [1.165, 1.54) is 12.1 Å². The summed E-state index contributed by atoms with van der Waals surface area (Å²) in [7, 11) is 0. The molecule has 2 aromatic rings. The number of carbonyl (C=O) groups is 1. The van der Waals surface area contributed by atoms with Crippen molar-refractivity contribution in [2.24, 2.45) is 0 Å². The fourth-order valence-corrected chi connectivity index (χ4v) is 3.27. The van der Waals surface area contributed by atoms with Crippen molar-refractivity contribution in [1.29, 1.82) is 0 Å². The van der Waals surface area contributed by atoms with Gasteiger partial charge in [0, 0.05) is 19.6 Å². The third kappa shape index (κ3) is 2.50. The smallest absolute Gasteiger partial charge is 0.257 e. The molecule has 2 saturated heterocycles. The number of nitrogens with zero attached hydrogens (tertiary/aromatic N) is 3. The average molecular weight is 330 g/mol. The van der Waals surface area contributed by atoms with Gasteiger partial charge in [-0.05, 0) is 31.2 Å². The number of aromatic nitrogens is 2. The van der Waals surface area contributed by atoms with E-state index in [1.54, 1.807) is 23.0 Å². The Hall–Kier alpha value is -2.25. The molecule has 2 aliphatic rings. The van der Waals surface area contributed by atoms with Gasteiger partial charge in [-0.15, -0.1) is 0 Å². The van der Waals surface area contributed by atoms with Crippen molar-refractivity contribution in [2.75, 3.05) is 32.8 Å². The molecular weight excluding hydrogens is 311 g/mol. The molecule has 0 atom stereocenters. The lowest BCUT2D eigenvalue weighted by atomic mass is 9.94. The van der Waals surface area contributed by atoms with Gasteiger partial charge in [0.2, 0.25) is 0 Å². The summed E-state index contributed by atoms with van der Waals surface area (Å²) in [5.41, 5.74) is 1.83.